The van der Waals surface area contributed by atoms with Gasteiger partial charge in [-0.1, -0.05) is 29.8 Å². The van der Waals surface area contributed by atoms with Gasteiger partial charge >= 0.3 is 0 Å². The van der Waals surface area contributed by atoms with E-state index in [-0.39, 0.29) is 18.2 Å². The van der Waals surface area contributed by atoms with E-state index in [0.717, 1.165) is 29.9 Å². The Bertz CT molecular complexity index is 818. The molecule has 2 amide bonds. The number of nitrogens with one attached hydrogen (secondary N) is 1. The maximum atomic E-state index is 12.4. The summed E-state index contributed by atoms with van der Waals surface area (Å²) in [6.07, 6.45) is 1.77. The molecular formula is C20H22ClN3O2. The zero-order valence-electron chi connectivity index (χ0n) is 15.0. The van der Waals surface area contributed by atoms with Crippen LogP contribution in [0.2, 0.25) is 5.02 Å². The molecule has 1 N–H and O–H groups in total. The third-order valence-corrected chi connectivity index (χ3v) is 4.70. The van der Waals surface area contributed by atoms with Gasteiger partial charge in [-0.3, -0.25) is 9.59 Å². The van der Waals surface area contributed by atoms with Crippen LogP contribution >= 0.6 is 11.6 Å². The molecule has 0 unspecified atom stereocenters. The number of anilines is 3. The van der Waals surface area contributed by atoms with E-state index < -0.39 is 0 Å². The van der Waals surface area contributed by atoms with Crippen LogP contribution in [0.3, 0.4) is 0 Å². The van der Waals surface area contributed by atoms with Crippen molar-refractivity contribution in [1.82, 2.24) is 0 Å². The Balaban J connectivity index is 1.67. The average molecular weight is 372 g/mol. The predicted octanol–water partition coefficient (Wildman–Crippen LogP) is 3.71. The molecule has 0 saturated carbocycles. The molecular weight excluding hydrogens is 350 g/mol. The van der Waals surface area contributed by atoms with Crippen molar-refractivity contribution < 1.29 is 9.59 Å². The van der Waals surface area contributed by atoms with Crippen LogP contribution in [-0.4, -0.2) is 32.5 Å². The summed E-state index contributed by atoms with van der Waals surface area (Å²) in [5, 5.41) is 3.52. The Morgan fingerprint density at radius 3 is 2.54 bits per heavy atom. The molecule has 0 radical (unpaired) electrons. The summed E-state index contributed by atoms with van der Waals surface area (Å²) in [7, 11) is 3.77. The maximum Gasteiger partial charge on any atom is 0.228 e. The lowest BCUT2D eigenvalue weighted by Crippen LogP contribution is -2.23. The molecule has 1 aliphatic heterocycles. The molecule has 136 valence electrons. The molecule has 2 aromatic rings. The number of hydrogen-bond acceptors (Lipinski definition) is 3. The Labute approximate surface area is 158 Å². The van der Waals surface area contributed by atoms with Gasteiger partial charge in [0.1, 0.15) is 0 Å². The number of hydrogen-bond donors (Lipinski definition) is 1. The van der Waals surface area contributed by atoms with E-state index in [4.69, 9.17) is 11.6 Å². The van der Waals surface area contributed by atoms with Crippen LogP contribution in [0.1, 0.15) is 18.4 Å². The summed E-state index contributed by atoms with van der Waals surface area (Å²) >= 11 is 6.23. The fourth-order valence-electron chi connectivity index (χ4n) is 3.17. The number of nitrogens with zero attached hydrogens (tertiary/aromatic N) is 2. The minimum atomic E-state index is -0.111. The summed E-state index contributed by atoms with van der Waals surface area (Å²) < 4.78 is 0. The molecule has 1 heterocycles. The summed E-state index contributed by atoms with van der Waals surface area (Å²) in [6, 6.07) is 13.0. The zero-order chi connectivity index (χ0) is 18.7. The molecule has 0 bridgehead atoms. The van der Waals surface area contributed by atoms with Crippen LogP contribution in [0, 0.1) is 0 Å². The summed E-state index contributed by atoms with van der Waals surface area (Å²) in [5.74, 6) is 0.0491. The van der Waals surface area contributed by atoms with Gasteiger partial charge < -0.3 is 15.1 Å². The van der Waals surface area contributed by atoms with Crippen LogP contribution in [0.25, 0.3) is 0 Å². The van der Waals surface area contributed by atoms with E-state index in [1.807, 2.05) is 55.4 Å². The minimum Gasteiger partial charge on any atom is -0.375 e. The fraction of sp³-hybridized carbons (Fsp3) is 0.300. The van der Waals surface area contributed by atoms with Crippen molar-refractivity contribution in [3.05, 3.63) is 53.1 Å². The summed E-state index contributed by atoms with van der Waals surface area (Å²) in [4.78, 5) is 27.9. The van der Waals surface area contributed by atoms with E-state index in [2.05, 4.69) is 5.32 Å². The lowest BCUT2D eigenvalue weighted by molar-refractivity contribution is -0.117. The molecule has 0 aliphatic carbocycles. The first-order valence-corrected chi connectivity index (χ1v) is 8.98. The van der Waals surface area contributed by atoms with E-state index >= 15 is 0 Å². The van der Waals surface area contributed by atoms with Gasteiger partial charge in [-0.15, -0.1) is 0 Å². The minimum absolute atomic E-state index is 0.111. The smallest absolute Gasteiger partial charge is 0.228 e. The third-order valence-electron chi connectivity index (χ3n) is 4.39. The van der Waals surface area contributed by atoms with Crippen LogP contribution in [0.15, 0.2) is 42.5 Å². The topological polar surface area (TPSA) is 52.7 Å². The van der Waals surface area contributed by atoms with Crippen molar-refractivity contribution in [2.45, 2.75) is 19.3 Å². The number of carbonyl (C=O) groups is 2. The van der Waals surface area contributed by atoms with E-state index in [9.17, 15) is 9.59 Å². The Kier molecular flexibility index (Phi) is 5.47. The highest BCUT2D eigenvalue weighted by Crippen LogP contribution is 2.32. The first kappa shape index (κ1) is 18.3. The highest BCUT2D eigenvalue weighted by atomic mass is 35.5. The van der Waals surface area contributed by atoms with Crippen molar-refractivity contribution in [2.24, 2.45) is 0 Å². The first-order chi connectivity index (χ1) is 12.5. The van der Waals surface area contributed by atoms with Gasteiger partial charge in [0, 0.05) is 32.7 Å². The summed E-state index contributed by atoms with van der Waals surface area (Å²) in [5.41, 5.74) is 3.25. The quantitative estimate of drug-likeness (QED) is 0.871. The molecule has 0 aromatic heterocycles. The van der Waals surface area contributed by atoms with Crippen molar-refractivity contribution in [1.29, 1.82) is 0 Å². The fourth-order valence-corrected chi connectivity index (χ4v) is 3.51. The highest BCUT2D eigenvalue weighted by molar-refractivity contribution is 6.34. The standard InChI is InChI=1S/C20H22ClN3O2/c1-23(2)20-16(21)5-3-6-17(20)22-18(25)13-14-8-10-15(11-9-14)24-12-4-7-19(24)26/h3,5-6,8-11H,4,7,12-13H2,1-2H3,(H,22,25). The van der Waals surface area contributed by atoms with E-state index in [1.165, 1.54) is 0 Å². The van der Waals surface area contributed by atoms with Crippen molar-refractivity contribution >= 4 is 40.5 Å². The van der Waals surface area contributed by atoms with Gasteiger partial charge in [0.15, 0.2) is 0 Å². The second-order valence-corrected chi connectivity index (χ2v) is 6.98. The van der Waals surface area contributed by atoms with Gasteiger partial charge in [-0.2, -0.15) is 0 Å². The lowest BCUT2D eigenvalue weighted by Gasteiger charge is -2.19. The second-order valence-electron chi connectivity index (χ2n) is 6.57. The van der Waals surface area contributed by atoms with Gasteiger partial charge in [0.05, 0.1) is 22.8 Å². The van der Waals surface area contributed by atoms with Gasteiger partial charge in [-0.05, 0) is 36.2 Å². The van der Waals surface area contributed by atoms with Crippen molar-refractivity contribution in [3.8, 4) is 0 Å². The van der Waals surface area contributed by atoms with Crippen LogP contribution in [-0.2, 0) is 16.0 Å². The molecule has 3 rings (SSSR count). The van der Waals surface area contributed by atoms with E-state index in [1.54, 1.807) is 11.0 Å². The predicted molar refractivity (Wildman–Crippen MR) is 106 cm³/mol. The largest absolute Gasteiger partial charge is 0.375 e. The normalized spacial score (nSPS) is 13.8. The highest BCUT2D eigenvalue weighted by Gasteiger charge is 2.21. The van der Waals surface area contributed by atoms with Crippen LogP contribution < -0.4 is 15.1 Å². The average Bonchev–Trinajstić information content (AvgIpc) is 3.01. The molecule has 6 heteroatoms. The molecule has 5 nitrogen and oxygen atoms in total. The monoisotopic (exact) mass is 371 g/mol. The van der Waals surface area contributed by atoms with Crippen molar-refractivity contribution in [3.63, 3.8) is 0 Å². The number of amides is 2. The Morgan fingerprint density at radius 1 is 1.19 bits per heavy atom. The molecule has 1 aliphatic rings. The number of para-hydroxylation sites is 1. The Morgan fingerprint density at radius 2 is 1.92 bits per heavy atom. The van der Waals surface area contributed by atoms with Crippen molar-refractivity contribution in [2.75, 3.05) is 35.8 Å². The Hall–Kier alpha value is -2.53. The molecule has 0 spiro atoms. The number of rotatable bonds is 5. The molecule has 1 fully saturated rings. The number of halogens is 1. The number of carbonyl (C=O) groups excluding carboxylic acids is 2. The maximum absolute atomic E-state index is 12.4. The SMILES string of the molecule is CN(C)c1c(Cl)cccc1NC(=O)Cc1ccc(N2CCCC2=O)cc1. The first-order valence-electron chi connectivity index (χ1n) is 8.60. The molecule has 0 atom stereocenters. The second kappa shape index (κ2) is 7.79. The summed E-state index contributed by atoms with van der Waals surface area (Å²) in [6.45, 7) is 0.765. The van der Waals surface area contributed by atoms with Gasteiger partial charge in [0.25, 0.3) is 0 Å². The van der Waals surface area contributed by atoms with Gasteiger partial charge in [0.2, 0.25) is 11.8 Å². The zero-order valence-corrected chi connectivity index (χ0v) is 15.7. The van der Waals surface area contributed by atoms with Crippen LogP contribution in [0.5, 0.6) is 0 Å². The third kappa shape index (κ3) is 3.99. The molecule has 1 saturated heterocycles. The molecule has 26 heavy (non-hydrogen) atoms. The molecule has 2 aromatic carbocycles. The van der Waals surface area contributed by atoms with Crippen LogP contribution in [0.4, 0.5) is 17.1 Å². The number of benzene rings is 2. The van der Waals surface area contributed by atoms with E-state index in [0.29, 0.717) is 17.1 Å². The van der Waals surface area contributed by atoms with Gasteiger partial charge in [-0.25, -0.2) is 0 Å². The lowest BCUT2D eigenvalue weighted by atomic mass is 10.1.